The average Bonchev–Trinajstić information content (AvgIpc) is 2.67. The van der Waals surface area contributed by atoms with E-state index in [0.717, 1.165) is 27.0 Å². The molecule has 3 aromatic carbocycles. The van der Waals surface area contributed by atoms with E-state index in [4.69, 9.17) is 0 Å². The van der Waals surface area contributed by atoms with E-state index >= 15 is 4.57 Å². The molecule has 0 heterocycles. The highest BCUT2D eigenvalue weighted by molar-refractivity contribution is 7.85. The Morgan fingerprint density at radius 1 is 0.536 bits per heavy atom. The van der Waals surface area contributed by atoms with Crippen LogP contribution >= 0.6 is 7.14 Å². The van der Waals surface area contributed by atoms with Gasteiger partial charge in [0, 0.05) is 15.9 Å². The van der Waals surface area contributed by atoms with Gasteiger partial charge in [0.2, 0.25) is 0 Å². The topological polar surface area (TPSA) is 17.1 Å². The molecule has 0 aromatic heterocycles. The van der Waals surface area contributed by atoms with E-state index in [-0.39, 0.29) is 10.8 Å². The van der Waals surface area contributed by atoms with Crippen LogP contribution in [0.3, 0.4) is 0 Å². The Balaban J connectivity index is 2.45. The largest absolute Gasteiger partial charge is 0.309 e. The molecule has 3 aromatic rings. The Kier molecular flexibility index (Phi) is 5.43. The number of benzene rings is 3. The summed E-state index contributed by atoms with van der Waals surface area (Å²) < 4.78 is 15.2. The van der Waals surface area contributed by atoms with E-state index in [1.807, 2.05) is 42.5 Å². The number of hydrogen-bond acceptors (Lipinski definition) is 1. The molecule has 0 spiro atoms. The third kappa shape index (κ3) is 3.74. The van der Waals surface area contributed by atoms with Gasteiger partial charge in [0.1, 0.15) is 0 Å². The normalized spacial score (nSPS) is 12.8. The maximum atomic E-state index is 15.2. The van der Waals surface area contributed by atoms with E-state index in [1.54, 1.807) is 0 Å². The van der Waals surface area contributed by atoms with Crippen molar-refractivity contribution in [1.29, 1.82) is 0 Å². The van der Waals surface area contributed by atoms with Gasteiger partial charge in [-0.25, -0.2) is 0 Å². The fourth-order valence-corrected chi connectivity index (χ4v) is 7.31. The smallest absolute Gasteiger partial charge is 0.171 e. The third-order valence-corrected chi connectivity index (χ3v) is 8.38. The minimum Gasteiger partial charge on any atom is -0.309 e. The Morgan fingerprint density at radius 2 is 0.893 bits per heavy atom. The summed E-state index contributed by atoms with van der Waals surface area (Å²) in [4.78, 5) is 0. The lowest BCUT2D eigenvalue weighted by molar-refractivity contribution is 0.578. The van der Waals surface area contributed by atoms with Crippen LogP contribution in [0.1, 0.15) is 52.7 Å². The zero-order valence-electron chi connectivity index (χ0n) is 17.9. The van der Waals surface area contributed by atoms with E-state index in [0.29, 0.717) is 0 Å². The number of rotatable bonds is 3. The molecule has 0 unspecified atom stereocenters. The van der Waals surface area contributed by atoms with E-state index in [9.17, 15) is 0 Å². The second-order valence-corrected chi connectivity index (χ2v) is 12.2. The summed E-state index contributed by atoms with van der Waals surface area (Å²) in [6.07, 6.45) is 0. The summed E-state index contributed by atoms with van der Waals surface area (Å²) in [6.45, 7) is 13.1. The third-order valence-electron chi connectivity index (χ3n) is 5.22. The molecule has 0 saturated carbocycles. The Labute approximate surface area is 170 Å². The lowest BCUT2D eigenvalue weighted by atomic mass is 9.87. The molecule has 0 N–H and O–H groups in total. The predicted molar refractivity (Wildman–Crippen MR) is 123 cm³/mol. The van der Waals surface area contributed by atoms with Gasteiger partial charge in [-0.1, -0.05) is 120 Å². The molecule has 0 saturated heterocycles. The highest BCUT2D eigenvalue weighted by atomic mass is 31.2. The maximum absolute atomic E-state index is 15.2. The quantitative estimate of drug-likeness (QED) is 0.507. The molecule has 0 aliphatic heterocycles. The van der Waals surface area contributed by atoms with Crippen molar-refractivity contribution >= 4 is 23.1 Å². The molecule has 28 heavy (non-hydrogen) atoms. The average molecular weight is 391 g/mol. The summed E-state index contributed by atoms with van der Waals surface area (Å²) in [7, 11) is -3.04. The monoisotopic (exact) mass is 390 g/mol. The van der Waals surface area contributed by atoms with Crippen molar-refractivity contribution in [2.45, 2.75) is 52.4 Å². The van der Waals surface area contributed by atoms with Crippen LogP contribution in [0, 0.1) is 0 Å². The molecule has 0 bridgehead atoms. The van der Waals surface area contributed by atoms with Crippen molar-refractivity contribution in [2.24, 2.45) is 0 Å². The molecular formula is C26H31OP. The van der Waals surface area contributed by atoms with Gasteiger partial charge in [-0.2, -0.15) is 0 Å². The fraction of sp³-hybridized carbons (Fsp3) is 0.308. The van der Waals surface area contributed by atoms with Gasteiger partial charge in [0.05, 0.1) is 0 Å². The molecule has 1 nitrogen and oxygen atoms in total. The van der Waals surface area contributed by atoms with Crippen LogP contribution in [0.2, 0.25) is 0 Å². The molecule has 0 aliphatic rings. The van der Waals surface area contributed by atoms with Crippen molar-refractivity contribution in [1.82, 2.24) is 0 Å². The van der Waals surface area contributed by atoms with Crippen LogP contribution in [0.5, 0.6) is 0 Å². The molecule has 0 amide bonds. The Bertz CT molecular complexity index is 943. The van der Waals surface area contributed by atoms with E-state index < -0.39 is 7.14 Å². The SMILES string of the molecule is CC(C)(C)c1ccccc1P(=O)(c1ccccc1)c1ccccc1C(C)(C)C. The molecule has 0 atom stereocenters. The molecule has 0 radical (unpaired) electrons. The Hall–Kier alpha value is -2.11. The summed E-state index contributed by atoms with van der Waals surface area (Å²) in [5, 5.41) is 2.79. The van der Waals surface area contributed by atoms with E-state index in [1.165, 1.54) is 0 Å². The summed E-state index contributed by atoms with van der Waals surface area (Å²) in [5.74, 6) is 0. The minimum absolute atomic E-state index is 0.0995. The summed E-state index contributed by atoms with van der Waals surface area (Å²) in [6, 6.07) is 26.5. The molecule has 0 fully saturated rings. The minimum atomic E-state index is -3.04. The highest BCUT2D eigenvalue weighted by Gasteiger charge is 2.37. The van der Waals surface area contributed by atoms with Crippen LogP contribution < -0.4 is 15.9 Å². The second-order valence-electron chi connectivity index (χ2n) is 9.48. The van der Waals surface area contributed by atoms with Crippen molar-refractivity contribution in [3.8, 4) is 0 Å². The first kappa shape index (κ1) is 20.6. The van der Waals surface area contributed by atoms with Gasteiger partial charge < -0.3 is 4.57 Å². The lowest BCUT2D eigenvalue weighted by Crippen LogP contribution is -2.34. The second kappa shape index (κ2) is 7.37. The first-order valence-electron chi connectivity index (χ1n) is 9.92. The Morgan fingerprint density at radius 3 is 1.29 bits per heavy atom. The van der Waals surface area contributed by atoms with Gasteiger partial charge in [-0.15, -0.1) is 0 Å². The van der Waals surface area contributed by atoms with Gasteiger partial charge in [-0.05, 0) is 22.0 Å². The highest BCUT2D eigenvalue weighted by Crippen LogP contribution is 2.47. The standard InChI is InChI=1S/C26H31OP/c1-25(2,3)21-16-10-12-18-23(21)28(27,20-14-8-7-9-15-20)24-19-13-11-17-22(24)26(4,5)6/h7-19H,1-6H3. The zero-order valence-corrected chi connectivity index (χ0v) is 18.8. The first-order chi connectivity index (χ1) is 13.1. The molecule has 0 aliphatic carbocycles. The number of hydrogen-bond donors (Lipinski definition) is 0. The van der Waals surface area contributed by atoms with Gasteiger partial charge >= 0.3 is 0 Å². The van der Waals surface area contributed by atoms with Crippen molar-refractivity contribution < 1.29 is 4.57 Å². The first-order valence-corrected chi connectivity index (χ1v) is 11.6. The van der Waals surface area contributed by atoms with Crippen LogP contribution in [0.15, 0.2) is 78.9 Å². The predicted octanol–water partition coefficient (Wildman–Crippen LogP) is 5.92. The maximum Gasteiger partial charge on any atom is 0.171 e. The van der Waals surface area contributed by atoms with Crippen molar-refractivity contribution in [3.63, 3.8) is 0 Å². The van der Waals surface area contributed by atoms with Crippen molar-refractivity contribution in [3.05, 3.63) is 90.0 Å². The summed E-state index contributed by atoms with van der Waals surface area (Å²) >= 11 is 0. The molecule has 3 rings (SSSR count). The van der Waals surface area contributed by atoms with Crippen LogP contribution in [0.4, 0.5) is 0 Å². The molecule has 2 heteroatoms. The summed E-state index contributed by atoms with van der Waals surface area (Å²) in [5.41, 5.74) is 2.09. The zero-order chi connectivity index (χ0) is 20.6. The van der Waals surface area contributed by atoms with Crippen LogP contribution in [-0.4, -0.2) is 0 Å². The fourth-order valence-electron chi connectivity index (χ4n) is 3.81. The van der Waals surface area contributed by atoms with Gasteiger partial charge in [-0.3, -0.25) is 0 Å². The van der Waals surface area contributed by atoms with Crippen LogP contribution in [0.25, 0.3) is 0 Å². The van der Waals surface area contributed by atoms with Crippen molar-refractivity contribution in [2.75, 3.05) is 0 Å². The van der Waals surface area contributed by atoms with Gasteiger partial charge in [0.25, 0.3) is 0 Å². The van der Waals surface area contributed by atoms with E-state index in [2.05, 4.69) is 77.9 Å². The van der Waals surface area contributed by atoms with Crippen LogP contribution in [-0.2, 0) is 15.4 Å². The lowest BCUT2D eigenvalue weighted by Gasteiger charge is -2.32. The molecular weight excluding hydrogens is 359 g/mol. The molecule has 146 valence electrons. The van der Waals surface area contributed by atoms with Gasteiger partial charge in [0.15, 0.2) is 7.14 Å².